The zero-order valence-corrected chi connectivity index (χ0v) is 11.7. The van der Waals surface area contributed by atoms with E-state index < -0.39 is 18.0 Å². The Morgan fingerprint density at radius 3 is 2.38 bits per heavy atom. The van der Waals surface area contributed by atoms with Crippen molar-refractivity contribution >= 4 is 23.3 Å². The van der Waals surface area contributed by atoms with Crippen LogP contribution in [0.3, 0.4) is 0 Å². The van der Waals surface area contributed by atoms with Gasteiger partial charge in [0.2, 0.25) is 0 Å². The number of oxime groups is 1. The van der Waals surface area contributed by atoms with Crippen molar-refractivity contribution in [3.63, 3.8) is 0 Å². The topological polar surface area (TPSA) is 58.9 Å². The highest BCUT2D eigenvalue weighted by Gasteiger charge is 2.41. The summed E-state index contributed by atoms with van der Waals surface area (Å²) < 4.78 is 0. The molecule has 2 aromatic carbocycles. The predicted octanol–water partition coefficient (Wildman–Crippen LogP) is 3.52. The molecule has 0 saturated carbocycles. The van der Waals surface area contributed by atoms with Gasteiger partial charge in [0.1, 0.15) is 11.6 Å². The van der Waals surface area contributed by atoms with Gasteiger partial charge in [-0.05, 0) is 17.7 Å². The molecule has 1 heterocycles. The number of aliphatic carboxylic acids is 1. The molecule has 0 fully saturated rings. The third kappa shape index (κ3) is 2.62. The number of nitrogens with zero attached hydrogens (tertiary/aromatic N) is 1. The summed E-state index contributed by atoms with van der Waals surface area (Å²) in [4.78, 5) is 17.0. The first-order chi connectivity index (χ1) is 10.2. The number of rotatable bonds is 3. The second kappa shape index (κ2) is 5.58. The van der Waals surface area contributed by atoms with E-state index in [1.54, 1.807) is 24.3 Å². The third-order valence-corrected chi connectivity index (χ3v) is 3.65. The number of carbonyl (C=O) groups is 1. The van der Waals surface area contributed by atoms with Crippen molar-refractivity contribution < 1.29 is 14.7 Å². The van der Waals surface area contributed by atoms with Gasteiger partial charge in [-0.25, -0.2) is 0 Å². The lowest BCUT2D eigenvalue weighted by Crippen LogP contribution is -2.26. The van der Waals surface area contributed by atoms with Crippen molar-refractivity contribution in [3.8, 4) is 0 Å². The first-order valence-corrected chi connectivity index (χ1v) is 6.82. The Hall–Kier alpha value is -2.33. The fraction of sp³-hybridized carbons (Fsp3) is 0.125. The van der Waals surface area contributed by atoms with Crippen LogP contribution >= 0.6 is 11.6 Å². The van der Waals surface area contributed by atoms with Crippen LogP contribution in [-0.2, 0) is 9.63 Å². The van der Waals surface area contributed by atoms with Crippen LogP contribution < -0.4 is 0 Å². The summed E-state index contributed by atoms with van der Waals surface area (Å²) in [6, 6.07) is 16.1. The molecule has 0 bridgehead atoms. The van der Waals surface area contributed by atoms with E-state index in [1.807, 2.05) is 30.3 Å². The highest BCUT2D eigenvalue weighted by atomic mass is 35.5. The minimum Gasteiger partial charge on any atom is -0.481 e. The molecule has 0 amide bonds. The van der Waals surface area contributed by atoms with Gasteiger partial charge in [0.25, 0.3) is 0 Å². The average molecular weight is 302 g/mol. The fourth-order valence-electron chi connectivity index (χ4n) is 2.37. The van der Waals surface area contributed by atoms with E-state index in [4.69, 9.17) is 16.4 Å². The summed E-state index contributed by atoms with van der Waals surface area (Å²) in [6.07, 6.45) is -0.616. The third-order valence-electron chi connectivity index (χ3n) is 3.40. The number of halogens is 1. The zero-order chi connectivity index (χ0) is 14.8. The molecule has 0 aliphatic carbocycles. The normalized spacial score (nSPS) is 20.7. The molecular formula is C16H12ClNO3. The lowest BCUT2D eigenvalue weighted by atomic mass is 9.89. The van der Waals surface area contributed by atoms with E-state index in [9.17, 15) is 9.90 Å². The van der Waals surface area contributed by atoms with E-state index in [0.717, 1.165) is 5.56 Å². The van der Waals surface area contributed by atoms with E-state index >= 15 is 0 Å². The first-order valence-electron chi connectivity index (χ1n) is 6.44. The monoisotopic (exact) mass is 301 g/mol. The molecule has 21 heavy (non-hydrogen) atoms. The number of hydrogen-bond acceptors (Lipinski definition) is 3. The Kier molecular flexibility index (Phi) is 3.62. The van der Waals surface area contributed by atoms with Crippen LogP contribution in [0.5, 0.6) is 0 Å². The maximum Gasteiger partial charge on any atom is 0.317 e. The van der Waals surface area contributed by atoms with Crippen molar-refractivity contribution in [1.82, 2.24) is 0 Å². The van der Waals surface area contributed by atoms with Crippen molar-refractivity contribution in [2.24, 2.45) is 11.1 Å². The second-order valence-corrected chi connectivity index (χ2v) is 5.17. The molecule has 1 aliphatic heterocycles. The summed E-state index contributed by atoms with van der Waals surface area (Å²) in [5.41, 5.74) is 1.90. The van der Waals surface area contributed by atoms with Crippen LogP contribution in [-0.4, -0.2) is 16.8 Å². The zero-order valence-electron chi connectivity index (χ0n) is 10.9. The Bertz CT molecular complexity index is 682. The van der Waals surface area contributed by atoms with Gasteiger partial charge in [-0.1, -0.05) is 59.2 Å². The molecule has 2 atom stereocenters. The van der Waals surface area contributed by atoms with Crippen LogP contribution in [0.2, 0.25) is 5.02 Å². The van der Waals surface area contributed by atoms with E-state index in [0.29, 0.717) is 16.3 Å². The molecule has 0 spiro atoms. The van der Waals surface area contributed by atoms with Gasteiger partial charge >= 0.3 is 5.97 Å². The highest BCUT2D eigenvalue weighted by molar-refractivity contribution is 6.30. The van der Waals surface area contributed by atoms with Crippen LogP contribution in [0.25, 0.3) is 0 Å². The van der Waals surface area contributed by atoms with Crippen molar-refractivity contribution in [1.29, 1.82) is 0 Å². The Labute approximate surface area is 126 Å². The van der Waals surface area contributed by atoms with Gasteiger partial charge in [-0.3, -0.25) is 4.79 Å². The van der Waals surface area contributed by atoms with Crippen LogP contribution in [0.4, 0.5) is 0 Å². The molecular weight excluding hydrogens is 290 g/mol. The van der Waals surface area contributed by atoms with E-state index in [-0.39, 0.29) is 0 Å². The van der Waals surface area contributed by atoms with Crippen LogP contribution in [0, 0.1) is 5.92 Å². The number of carboxylic acid groups (broad SMARTS) is 1. The van der Waals surface area contributed by atoms with Gasteiger partial charge in [-0.2, -0.15) is 0 Å². The molecule has 0 saturated heterocycles. The molecule has 106 valence electrons. The number of benzene rings is 2. The summed E-state index contributed by atoms with van der Waals surface area (Å²) >= 11 is 5.85. The minimum atomic E-state index is -0.963. The molecule has 2 aromatic rings. The lowest BCUT2D eigenvalue weighted by Gasteiger charge is -2.15. The second-order valence-electron chi connectivity index (χ2n) is 4.74. The Balaban J connectivity index is 1.96. The summed E-state index contributed by atoms with van der Waals surface area (Å²) in [5.74, 6) is -1.80. The molecule has 5 heteroatoms. The molecule has 0 radical (unpaired) electrons. The van der Waals surface area contributed by atoms with Gasteiger partial charge in [0.05, 0.1) is 0 Å². The lowest BCUT2D eigenvalue weighted by molar-refractivity contribution is -0.142. The molecule has 1 N–H and O–H groups in total. The van der Waals surface area contributed by atoms with Crippen molar-refractivity contribution in [2.75, 3.05) is 0 Å². The molecule has 3 rings (SSSR count). The smallest absolute Gasteiger partial charge is 0.317 e. The van der Waals surface area contributed by atoms with Gasteiger partial charge in [0, 0.05) is 10.6 Å². The van der Waals surface area contributed by atoms with Gasteiger partial charge in [-0.15, -0.1) is 0 Å². The molecule has 1 aliphatic rings. The van der Waals surface area contributed by atoms with Gasteiger partial charge < -0.3 is 9.94 Å². The van der Waals surface area contributed by atoms with E-state index in [1.165, 1.54) is 0 Å². The largest absolute Gasteiger partial charge is 0.481 e. The fourth-order valence-corrected chi connectivity index (χ4v) is 2.50. The van der Waals surface area contributed by atoms with Crippen LogP contribution in [0.1, 0.15) is 17.2 Å². The minimum absolute atomic E-state index is 0.410. The summed E-state index contributed by atoms with van der Waals surface area (Å²) in [7, 11) is 0. The quantitative estimate of drug-likeness (QED) is 0.943. The summed E-state index contributed by atoms with van der Waals surface area (Å²) in [5, 5.41) is 14.1. The summed E-state index contributed by atoms with van der Waals surface area (Å²) in [6.45, 7) is 0. The standard InChI is InChI=1S/C16H12ClNO3/c17-12-8-6-10(7-9-12)14-13(16(19)20)15(21-18-14)11-4-2-1-3-5-11/h1-9,13,15H,(H,19,20)/t13-,15+/m0/s1. The average Bonchev–Trinajstić information content (AvgIpc) is 2.94. The SMILES string of the molecule is O=C(O)[C@H]1C(c2ccc(Cl)cc2)=NO[C@@H]1c1ccccc1. The molecule has 4 nitrogen and oxygen atoms in total. The van der Waals surface area contributed by atoms with E-state index in [2.05, 4.69) is 5.16 Å². The number of carboxylic acids is 1. The Morgan fingerprint density at radius 2 is 1.76 bits per heavy atom. The van der Waals surface area contributed by atoms with Crippen molar-refractivity contribution in [3.05, 3.63) is 70.7 Å². The maximum absolute atomic E-state index is 11.6. The highest BCUT2D eigenvalue weighted by Crippen LogP contribution is 2.35. The van der Waals surface area contributed by atoms with Crippen LogP contribution in [0.15, 0.2) is 59.8 Å². The number of hydrogen-bond donors (Lipinski definition) is 1. The maximum atomic E-state index is 11.6. The van der Waals surface area contributed by atoms with Gasteiger partial charge in [0.15, 0.2) is 6.10 Å². The molecule has 0 aromatic heterocycles. The first kappa shape index (κ1) is 13.6. The van der Waals surface area contributed by atoms with Crippen molar-refractivity contribution in [2.45, 2.75) is 6.10 Å². The predicted molar refractivity (Wildman–Crippen MR) is 79.4 cm³/mol. The molecule has 0 unspecified atom stereocenters. The Morgan fingerprint density at radius 1 is 1.10 bits per heavy atom.